The van der Waals surface area contributed by atoms with Gasteiger partial charge in [-0.25, -0.2) is 8.42 Å². The Hall–Kier alpha value is -0.880. The van der Waals surface area contributed by atoms with E-state index in [0.717, 1.165) is 24.5 Å². The average molecular weight is 243 g/mol. The molecule has 0 saturated carbocycles. The van der Waals surface area contributed by atoms with E-state index < -0.39 is 9.84 Å². The fraction of sp³-hybridized carbons (Fsp3) is 0.700. The van der Waals surface area contributed by atoms with Crippen LogP contribution < -0.4 is 5.32 Å². The molecule has 0 bridgehead atoms. The van der Waals surface area contributed by atoms with Crippen molar-refractivity contribution in [2.45, 2.75) is 12.7 Å². The van der Waals surface area contributed by atoms with Crippen molar-refractivity contribution in [3.05, 3.63) is 17.5 Å². The molecule has 0 atom stereocenters. The van der Waals surface area contributed by atoms with Crippen molar-refractivity contribution in [3.63, 3.8) is 0 Å². The van der Waals surface area contributed by atoms with Gasteiger partial charge in [0.2, 0.25) is 0 Å². The second-order valence-electron chi connectivity index (χ2n) is 4.48. The molecular weight excluding hydrogens is 226 g/mol. The normalized spacial score (nSPS) is 17.4. The molecular formula is C10H17N3O2S. The predicted octanol–water partition coefficient (Wildman–Crippen LogP) is -0.137. The molecule has 6 heteroatoms. The topological polar surface area (TPSA) is 64.0 Å². The van der Waals surface area contributed by atoms with Gasteiger partial charge in [0.05, 0.1) is 22.9 Å². The minimum Gasteiger partial charge on any atom is -0.316 e. The first-order valence-electron chi connectivity index (χ1n) is 5.37. The number of rotatable bonds is 4. The summed E-state index contributed by atoms with van der Waals surface area (Å²) in [4.78, 5) is 0. The summed E-state index contributed by atoms with van der Waals surface area (Å²) in [6.07, 6.45) is 0. The Morgan fingerprint density at radius 2 is 2.25 bits per heavy atom. The Morgan fingerprint density at radius 3 is 2.69 bits per heavy atom. The molecule has 90 valence electrons. The standard InChI is InChI=1S/C10H17N3O2S/c1-8-3-10(13(2)12-8)7-16(14,15)6-9-4-11-5-9/h3,9,11H,4-7H2,1-2H3. The van der Waals surface area contributed by atoms with Crippen molar-refractivity contribution < 1.29 is 8.42 Å². The maximum absolute atomic E-state index is 11.9. The van der Waals surface area contributed by atoms with E-state index in [1.807, 2.05) is 13.0 Å². The van der Waals surface area contributed by atoms with Gasteiger partial charge in [0, 0.05) is 20.1 Å². The molecule has 1 saturated heterocycles. The first-order valence-corrected chi connectivity index (χ1v) is 7.19. The van der Waals surface area contributed by atoms with Crippen molar-refractivity contribution in [1.82, 2.24) is 15.1 Å². The molecule has 0 aliphatic carbocycles. The monoisotopic (exact) mass is 243 g/mol. The first kappa shape index (κ1) is 11.6. The summed E-state index contributed by atoms with van der Waals surface area (Å²) in [5, 5.41) is 7.23. The van der Waals surface area contributed by atoms with Gasteiger partial charge in [-0.1, -0.05) is 0 Å². The Morgan fingerprint density at radius 1 is 1.56 bits per heavy atom. The lowest BCUT2D eigenvalue weighted by atomic mass is 10.1. The second-order valence-corrected chi connectivity index (χ2v) is 6.59. The lowest BCUT2D eigenvalue weighted by molar-refractivity contribution is 0.378. The van der Waals surface area contributed by atoms with E-state index in [1.165, 1.54) is 0 Å². The molecule has 2 rings (SSSR count). The van der Waals surface area contributed by atoms with Gasteiger partial charge in [-0.15, -0.1) is 0 Å². The number of sulfone groups is 1. The van der Waals surface area contributed by atoms with Gasteiger partial charge in [-0.2, -0.15) is 5.10 Å². The van der Waals surface area contributed by atoms with Crippen molar-refractivity contribution >= 4 is 9.84 Å². The fourth-order valence-electron chi connectivity index (χ4n) is 1.91. The van der Waals surface area contributed by atoms with Gasteiger partial charge in [-0.05, 0) is 18.9 Å². The molecule has 0 radical (unpaired) electrons. The summed E-state index contributed by atoms with van der Waals surface area (Å²) in [5.74, 6) is 0.671. The number of nitrogens with one attached hydrogen (secondary N) is 1. The van der Waals surface area contributed by atoms with Crippen LogP contribution in [0.2, 0.25) is 0 Å². The van der Waals surface area contributed by atoms with Crippen LogP contribution in [-0.4, -0.2) is 37.0 Å². The highest BCUT2D eigenvalue weighted by atomic mass is 32.2. The summed E-state index contributed by atoms with van der Waals surface area (Å²) in [7, 11) is -1.22. The molecule has 2 heterocycles. The van der Waals surface area contributed by atoms with Crippen LogP contribution in [0.5, 0.6) is 0 Å². The summed E-state index contributed by atoms with van der Waals surface area (Å²) < 4.78 is 25.4. The molecule has 0 aromatic carbocycles. The summed E-state index contributed by atoms with van der Waals surface area (Å²) in [6, 6.07) is 1.83. The van der Waals surface area contributed by atoms with Crippen LogP contribution in [0.4, 0.5) is 0 Å². The highest BCUT2D eigenvalue weighted by Gasteiger charge is 2.25. The zero-order chi connectivity index (χ0) is 11.8. The highest BCUT2D eigenvalue weighted by Crippen LogP contribution is 2.13. The van der Waals surface area contributed by atoms with Gasteiger partial charge in [-0.3, -0.25) is 4.68 Å². The maximum atomic E-state index is 11.9. The van der Waals surface area contributed by atoms with Crippen molar-refractivity contribution in [3.8, 4) is 0 Å². The Kier molecular flexibility index (Phi) is 3.03. The third-order valence-electron chi connectivity index (χ3n) is 2.82. The minimum absolute atomic E-state index is 0.0981. The maximum Gasteiger partial charge on any atom is 0.156 e. The lowest BCUT2D eigenvalue weighted by Gasteiger charge is -2.26. The lowest BCUT2D eigenvalue weighted by Crippen LogP contribution is -2.45. The van der Waals surface area contributed by atoms with Crippen molar-refractivity contribution in [1.29, 1.82) is 0 Å². The van der Waals surface area contributed by atoms with Crippen LogP contribution in [0.3, 0.4) is 0 Å². The zero-order valence-corrected chi connectivity index (χ0v) is 10.4. The average Bonchev–Trinajstić information content (AvgIpc) is 2.38. The van der Waals surface area contributed by atoms with E-state index in [0.29, 0.717) is 5.92 Å². The first-order chi connectivity index (χ1) is 7.46. The van der Waals surface area contributed by atoms with Crippen molar-refractivity contribution in [2.75, 3.05) is 18.8 Å². The largest absolute Gasteiger partial charge is 0.316 e. The Bertz CT molecular complexity index is 474. The molecule has 0 amide bonds. The molecule has 1 N–H and O–H groups in total. The van der Waals surface area contributed by atoms with Crippen LogP contribution in [0.1, 0.15) is 11.4 Å². The van der Waals surface area contributed by atoms with Crippen LogP contribution in [0.15, 0.2) is 6.07 Å². The summed E-state index contributed by atoms with van der Waals surface area (Å²) in [6.45, 7) is 3.51. The minimum atomic E-state index is -3.00. The van der Waals surface area contributed by atoms with E-state index in [1.54, 1.807) is 11.7 Å². The van der Waals surface area contributed by atoms with Gasteiger partial charge < -0.3 is 5.32 Å². The summed E-state index contributed by atoms with van der Waals surface area (Å²) >= 11 is 0. The number of hydrogen-bond acceptors (Lipinski definition) is 4. The van der Waals surface area contributed by atoms with Gasteiger partial charge in [0.25, 0.3) is 0 Å². The third-order valence-corrected chi connectivity index (χ3v) is 4.54. The van der Waals surface area contributed by atoms with Gasteiger partial charge >= 0.3 is 0 Å². The third kappa shape index (κ3) is 2.62. The number of aryl methyl sites for hydroxylation is 2. The molecule has 0 unspecified atom stereocenters. The smallest absolute Gasteiger partial charge is 0.156 e. The molecule has 0 spiro atoms. The molecule has 1 aromatic rings. The SMILES string of the molecule is Cc1cc(CS(=O)(=O)CC2CNC2)n(C)n1. The molecule has 5 nitrogen and oxygen atoms in total. The molecule has 1 aliphatic rings. The Balaban J connectivity index is 2.05. The van der Waals surface area contributed by atoms with Gasteiger partial charge in [0.15, 0.2) is 9.84 Å². The van der Waals surface area contributed by atoms with Crippen LogP contribution in [-0.2, 0) is 22.6 Å². The van der Waals surface area contributed by atoms with Gasteiger partial charge in [0.1, 0.15) is 0 Å². The van der Waals surface area contributed by atoms with Crippen molar-refractivity contribution in [2.24, 2.45) is 13.0 Å². The second kappa shape index (κ2) is 4.18. The molecule has 16 heavy (non-hydrogen) atoms. The predicted molar refractivity (Wildman–Crippen MR) is 61.8 cm³/mol. The van der Waals surface area contributed by atoms with Crippen LogP contribution >= 0.6 is 0 Å². The summed E-state index contributed by atoms with van der Waals surface area (Å²) in [5.41, 5.74) is 1.63. The molecule has 1 aromatic heterocycles. The van der Waals surface area contributed by atoms with E-state index in [9.17, 15) is 8.42 Å². The van der Waals surface area contributed by atoms with Crippen LogP contribution in [0, 0.1) is 12.8 Å². The number of aromatic nitrogens is 2. The van der Waals surface area contributed by atoms with E-state index >= 15 is 0 Å². The van der Waals surface area contributed by atoms with E-state index in [2.05, 4.69) is 10.4 Å². The number of hydrogen-bond donors (Lipinski definition) is 1. The quantitative estimate of drug-likeness (QED) is 0.799. The van der Waals surface area contributed by atoms with E-state index in [4.69, 9.17) is 0 Å². The highest BCUT2D eigenvalue weighted by molar-refractivity contribution is 7.90. The Labute approximate surface area is 95.8 Å². The fourth-order valence-corrected chi connectivity index (χ4v) is 3.70. The van der Waals surface area contributed by atoms with Crippen LogP contribution in [0.25, 0.3) is 0 Å². The molecule has 1 fully saturated rings. The zero-order valence-electron chi connectivity index (χ0n) is 9.60. The van der Waals surface area contributed by atoms with E-state index in [-0.39, 0.29) is 11.5 Å². The molecule has 1 aliphatic heterocycles. The number of nitrogens with zero attached hydrogens (tertiary/aromatic N) is 2.